The number of carboxylic acids is 1. The average molecular weight is 344 g/mol. The van der Waals surface area contributed by atoms with Crippen LogP contribution in [0.4, 0.5) is 5.82 Å². The topological polar surface area (TPSA) is 62.2 Å². The molecule has 1 saturated carbocycles. The summed E-state index contributed by atoms with van der Waals surface area (Å²) in [5.74, 6) is -0.0326. The maximum absolute atomic E-state index is 11.0. The number of aliphatic carboxylic acids is 1. The first kappa shape index (κ1) is 16.3. The number of anilines is 1. The standard InChI is InChI=1S/C22H20N2O2/c25-22(26)20-12-19(20)18-9-10-21(24-14-18)23-13-15-5-4-8-17(11-15)16-6-2-1-3-7-16/h1-11,14,19-20H,12-13H2,(H,23,24)(H,25,26)/t19?,20-/m0/s1. The number of hydrogen-bond acceptors (Lipinski definition) is 3. The predicted octanol–water partition coefficient (Wildman–Crippen LogP) is 4.55. The molecule has 1 unspecified atom stereocenters. The number of carboxylic acid groups (broad SMARTS) is 1. The Hall–Kier alpha value is -3.14. The van der Waals surface area contributed by atoms with Crippen LogP contribution in [-0.2, 0) is 11.3 Å². The highest BCUT2D eigenvalue weighted by molar-refractivity contribution is 5.75. The van der Waals surface area contributed by atoms with Crippen molar-refractivity contribution in [2.75, 3.05) is 5.32 Å². The van der Waals surface area contributed by atoms with Crippen molar-refractivity contribution in [1.29, 1.82) is 0 Å². The molecule has 1 aliphatic carbocycles. The molecule has 2 atom stereocenters. The van der Waals surface area contributed by atoms with Gasteiger partial charge in [0.1, 0.15) is 5.82 Å². The molecule has 2 N–H and O–H groups in total. The lowest BCUT2D eigenvalue weighted by Gasteiger charge is -2.09. The number of hydrogen-bond donors (Lipinski definition) is 2. The van der Waals surface area contributed by atoms with Crippen LogP contribution in [-0.4, -0.2) is 16.1 Å². The Morgan fingerprint density at radius 2 is 1.85 bits per heavy atom. The van der Waals surface area contributed by atoms with Gasteiger partial charge in [0.05, 0.1) is 5.92 Å². The monoisotopic (exact) mass is 344 g/mol. The Morgan fingerprint density at radius 1 is 1.04 bits per heavy atom. The molecule has 1 heterocycles. The average Bonchev–Trinajstić information content (AvgIpc) is 3.49. The zero-order valence-corrected chi connectivity index (χ0v) is 14.3. The third kappa shape index (κ3) is 3.59. The van der Waals surface area contributed by atoms with Crippen LogP contribution in [0.25, 0.3) is 11.1 Å². The molecule has 0 saturated heterocycles. The quantitative estimate of drug-likeness (QED) is 0.689. The SMILES string of the molecule is O=C(O)[C@H]1CC1c1ccc(NCc2cccc(-c3ccccc3)c2)nc1. The first-order valence-corrected chi connectivity index (χ1v) is 8.78. The summed E-state index contributed by atoms with van der Waals surface area (Å²) in [7, 11) is 0. The summed E-state index contributed by atoms with van der Waals surface area (Å²) in [5.41, 5.74) is 4.59. The van der Waals surface area contributed by atoms with Gasteiger partial charge in [0.25, 0.3) is 0 Å². The van der Waals surface area contributed by atoms with Gasteiger partial charge in [-0.05, 0) is 46.7 Å². The van der Waals surface area contributed by atoms with Gasteiger partial charge in [-0.3, -0.25) is 4.79 Å². The molecule has 4 nitrogen and oxygen atoms in total. The van der Waals surface area contributed by atoms with Gasteiger partial charge in [0, 0.05) is 12.7 Å². The molecule has 3 aromatic rings. The summed E-state index contributed by atoms with van der Waals surface area (Å²) in [4.78, 5) is 15.4. The molecule has 130 valence electrons. The van der Waals surface area contributed by atoms with E-state index in [0.717, 1.165) is 17.8 Å². The van der Waals surface area contributed by atoms with Gasteiger partial charge in [-0.25, -0.2) is 4.98 Å². The number of nitrogens with zero attached hydrogens (tertiary/aromatic N) is 1. The third-order valence-electron chi connectivity index (χ3n) is 4.83. The Labute approximate surface area is 152 Å². The van der Waals surface area contributed by atoms with E-state index in [2.05, 4.69) is 46.7 Å². The highest BCUT2D eigenvalue weighted by Gasteiger charge is 2.44. The van der Waals surface area contributed by atoms with E-state index in [0.29, 0.717) is 6.54 Å². The lowest BCUT2D eigenvalue weighted by Crippen LogP contribution is -2.02. The van der Waals surface area contributed by atoms with Gasteiger partial charge < -0.3 is 10.4 Å². The lowest BCUT2D eigenvalue weighted by molar-refractivity contribution is -0.138. The Bertz CT molecular complexity index is 907. The van der Waals surface area contributed by atoms with E-state index in [1.807, 2.05) is 30.3 Å². The number of aromatic nitrogens is 1. The maximum Gasteiger partial charge on any atom is 0.307 e. The fraction of sp³-hybridized carbons (Fsp3) is 0.182. The largest absolute Gasteiger partial charge is 0.481 e. The lowest BCUT2D eigenvalue weighted by atomic mass is 10.0. The van der Waals surface area contributed by atoms with Crippen LogP contribution in [0, 0.1) is 5.92 Å². The smallest absolute Gasteiger partial charge is 0.307 e. The number of nitrogens with one attached hydrogen (secondary N) is 1. The normalized spacial score (nSPS) is 18.3. The Balaban J connectivity index is 1.39. The van der Waals surface area contributed by atoms with Crippen molar-refractivity contribution in [2.45, 2.75) is 18.9 Å². The molecule has 26 heavy (non-hydrogen) atoms. The van der Waals surface area contributed by atoms with Gasteiger partial charge in [-0.15, -0.1) is 0 Å². The highest BCUT2D eigenvalue weighted by atomic mass is 16.4. The zero-order valence-electron chi connectivity index (χ0n) is 14.3. The van der Waals surface area contributed by atoms with Gasteiger partial charge in [-0.1, -0.05) is 54.6 Å². The second-order valence-corrected chi connectivity index (χ2v) is 6.68. The molecule has 2 aromatic carbocycles. The molecule has 4 rings (SSSR count). The molecule has 1 fully saturated rings. The molecule has 1 aliphatic rings. The summed E-state index contributed by atoms with van der Waals surface area (Å²) in [6.45, 7) is 0.689. The molecule has 0 aliphatic heterocycles. The first-order chi connectivity index (χ1) is 12.7. The predicted molar refractivity (Wildman–Crippen MR) is 102 cm³/mol. The van der Waals surface area contributed by atoms with E-state index in [1.54, 1.807) is 6.20 Å². The molecular formula is C22H20N2O2. The number of carbonyl (C=O) groups is 1. The Morgan fingerprint density at radius 3 is 2.54 bits per heavy atom. The van der Waals surface area contributed by atoms with Crippen LogP contribution >= 0.6 is 0 Å². The van der Waals surface area contributed by atoms with E-state index in [1.165, 1.54) is 16.7 Å². The second-order valence-electron chi connectivity index (χ2n) is 6.68. The van der Waals surface area contributed by atoms with Crippen molar-refractivity contribution >= 4 is 11.8 Å². The van der Waals surface area contributed by atoms with Gasteiger partial charge >= 0.3 is 5.97 Å². The van der Waals surface area contributed by atoms with E-state index in [-0.39, 0.29) is 11.8 Å². The molecule has 0 amide bonds. The minimum Gasteiger partial charge on any atom is -0.481 e. The van der Waals surface area contributed by atoms with E-state index in [9.17, 15) is 4.79 Å². The van der Waals surface area contributed by atoms with Crippen LogP contribution in [0.2, 0.25) is 0 Å². The van der Waals surface area contributed by atoms with E-state index >= 15 is 0 Å². The van der Waals surface area contributed by atoms with Crippen molar-refractivity contribution in [1.82, 2.24) is 4.98 Å². The number of benzene rings is 2. The van der Waals surface area contributed by atoms with Crippen molar-refractivity contribution in [3.8, 4) is 11.1 Å². The summed E-state index contributed by atoms with van der Waals surface area (Å²) in [5, 5.41) is 12.4. The van der Waals surface area contributed by atoms with E-state index < -0.39 is 5.97 Å². The van der Waals surface area contributed by atoms with Crippen molar-refractivity contribution in [3.05, 3.63) is 84.1 Å². The number of pyridine rings is 1. The van der Waals surface area contributed by atoms with Gasteiger partial charge in [0.15, 0.2) is 0 Å². The van der Waals surface area contributed by atoms with Crippen LogP contribution in [0.1, 0.15) is 23.5 Å². The van der Waals surface area contributed by atoms with Crippen LogP contribution < -0.4 is 5.32 Å². The third-order valence-corrected chi connectivity index (χ3v) is 4.83. The fourth-order valence-corrected chi connectivity index (χ4v) is 3.25. The molecular weight excluding hydrogens is 324 g/mol. The van der Waals surface area contributed by atoms with Crippen LogP contribution in [0.15, 0.2) is 72.9 Å². The van der Waals surface area contributed by atoms with Crippen molar-refractivity contribution in [3.63, 3.8) is 0 Å². The van der Waals surface area contributed by atoms with Gasteiger partial charge in [0.2, 0.25) is 0 Å². The van der Waals surface area contributed by atoms with Crippen LogP contribution in [0.5, 0.6) is 0 Å². The Kier molecular flexibility index (Phi) is 4.40. The number of rotatable bonds is 6. The zero-order chi connectivity index (χ0) is 17.9. The molecule has 0 radical (unpaired) electrons. The minimum atomic E-state index is -0.713. The van der Waals surface area contributed by atoms with E-state index in [4.69, 9.17) is 5.11 Å². The van der Waals surface area contributed by atoms with Crippen LogP contribution in [0.3, 0.4) is 0 Å². The fourth-order valence-electron chi connectivity index (χ4n) is 3.25. The summed E-state index contributed by atoms with van der Waals surface area (Å²) in [6.07, 6.45) is 2.51. The molecule has 1 aromatic heterocycles. The molecule has 0 spiro atoms. The molecule has 0 bridgehead atoms. The summed E-state index contributed by atoms with van der Waals surface area (Å²) in [6, 6.07) is 22.7. The second kappa shape index (κ2) is 7.00. The first-order valence-electron chi connectivity index (χ1n) is 8.78. The summed E-state index contributed by atoms with van der Waals surface area (Å²) >= 11 is 0. The summed E-state index contributed by atoms with van der Waals surface area (Å²) < 4.78 is 0. The minimum absolute atomic E-state index is 0.122. The van der Waals surface area contributed by atoms with Gasteiger partial charge in [-0.2, -0.15) is 0 Å². The highest BCUT2D eigenvalue weighted by Crippen LogP contribution is 2.47. The van der Waals surface area contributed by atoms with Crippen molar-refractivity contribution in [2.24, 2.45) is 5.92 Å². The van der Waals surface area contributed by atoms with Crippen molar-refractivity contribution < 1.29 is 9.90 Å². The maximum atomic E-state index is 11.0. The molecule has 4 heteroatoms.